The molecule has 3 aromatic carbocycles. The third-order valence-electron chi connectivity index (χ3n) is 4.67. The molecule has 3 N–H and O–H groups in total. The zero-order valence-corrected chi connectivity index (χ0v) is 16.6. The number of aromatic nitrogens is 1. The van der Waals surface area contributed by atoms with Crippen molar-refractivity contribution in [2.45, 2.75) is 6.54 Å². The Kier molecular flexibility index (Phi) is 5.75. The first-order chi connectivity index (χ1) is 14.7. The normalized spacial score (nSPS) is 10.4. The standard InChI is InChI=1S/C24H22N4O2/c1-30-22-12-5-4-11-21(22)28-24(29)27-19-9-6-7-17(15-19)16-26-23-20-10-3-2-8-18(20)13-14-25-23/h2-15H,16H2,1H3,(H,25,26)(H2,27,28,29). The van der Waals surface area contributed by atoms with E-state index in [-0.39, 0.29) is 6.03 Å². The first kappa shape index (κ1) is 19.3. The number of ether oxygens (including phenoxy) is 1. The lowest BCUT2D eigenvalue weighted by molar-refractivity contribution is 0.262. The molecule has 0 bridgehead atoms. The smallest absolute Gasteiger partial charge is 0.323 e. The molecule has 30 heavy (non-hydrogen) atoms. The predicted octanol–water partition coefficient (Wildman–Crippen LogP) is 5.50. The molecule has 150 valence electrons. The van der Waals surface area contributed by atoms with E-state index < -0.39 is 0 Å². The van der Waals surface area contributed by atoms with Crippen molar-refractivity contribution in [1.82, 2.24) is 4.98 Å². The van der Waals surface area contributed by atoms with Crippen LogP contribution in [0.5, 0.6) is 5.75 Å². The van der Waals surface area contributed by atoms with Gasteiger partial charge in [-0.2, -0.15) is 0 Å². The number of anilines is 3. The van der Waals surface area contributed by atoms with Crippen LogP contribution < -0.4 is 20.7 Å². The van der Waals surface area contributed by atoms with Gasteiger partial charge in [-0.15, -0.1) is 0 Å². The number of methoxy groups -OCH3 is 1. The van der Waals surface area contributed by atoms with Crippen molar-refractivity contribution in [3.63, 3.8) is 0 Å². The van der Waals surface area contributed by atoms with Crippen molar-refractivity contribution in [1.29, 1.82) is 0 Å². The van der Waals surface area contributed by atoms with Gasteiger partial charge < -0.3 is 20.7 Å². The zero-order chi connectivity index (χ0) is 20.8. The predicted molar refractivity (Wildman–Crippen MR) is 121 cm³/mol. The van der Waals surface area contributed by atoms with E-state index in [1.807, 2.05) is 60.7 Å². The van der Waals surface area contributed by atoms with Crippen LogP contribution in [0.3, 0.4) is 0 Å². The number of hydrogen-bond donors (Lipinski definition) is 3. The molecular formula is C24H22N4O2. The van der Waals surface area contributed by atoms with Crippen LogP contribution in [-0.2, 0) is 6.54 Å². The van der Waals surface area contributed by atoms with Crippen LogP contribution in [0.25, 0.3) is 10.8 Å². The summed E-state index contributed by atoms with van der Waals surface area (Å²) < 4.78 is 5.26. The maximum atomic E-state index is 12.4. The number of carbonyl (C=O) groups is 1. The summed E-state index contributed by atoms with van der Waals surface area (Å²) in [7, 11) is 1.57. The molecule has 0 aliphatic carbocycles. The van der Waals surface area contributed by atoms with Gasteiger partial charge in [0.1, 0.15) is 11.6 Å². The van der Waals surface area contributed by atoms with Gasteiger partial charge in [-0.1, -0.05) is 48.5 Å². The summed E-state index contributed by atoms with van der Waals surface area (Å²) in [5.41, 5.74) is 2.34. The van der Waals surface area contributed by atoms with Crippen LogP contribution >= 0.6 is 0 Å². The van der Waals surface area contributed by atoms with E-state index in [9.17, 15) is 4.79 Å². The van der Waals surface area contributed by atoms with Crippen molar-refractivity contribution >= 4 is 34.0 Å². The van der Waals surface area contributed by atoms with Gasteiger partial charge in [-0.05, 0) is 41.3 Å². The minimum Gasteiger partial charge on any atom is -0.495 e. The molecule has 1 aromatic heterocycles. The molecule has 0 spiro atoms. The number of fused-ring (bicyclic) bond motifs is 1. The summed E-state index contributed by atoms with van der Waals surface area (Å²) in [5.74, 6) is 1.44. The topological polar surface area (TPSA) is 75.3 Å². The van der Waals surface area contributed by atoms with E-state index in [0.29, 0.717) is 23.7 Å². The fraction of sp³-hybridized carbons (Fsp3) is 0.0833. The average Bonchev–Trinajstić information content (AvgIpc) is 2.78. The van der Waals surface area contributed by atoms with Gasteiger partial charge in [0.05, 0.1) is 12.8 Å². The van der Waals surface area contributed by atoms with E-state index in [1.54, 1.807) is 25.4 Å². The Morgan fingerprint density at radius 3 is 2.67 bits per heavy atom. The second-order valence-corrected chi connectivity index (χ2v) is 6.71. The number of para-hydroxylation sites is 2. The second-order valence-electron chi connectivity index (χ2n) is 6.71. The van der Waals surface area contributed by atoms with E-state index in [0.717, 1.165) is 22.2 Å². The van der Waals surface area contributed by atoms with Gasteiger partial charge in [0.15, 0.2) is 0 Å². The van der Waals surface area contributed by atoms with Crippen molar-refractivity contribution in [2.24, 2.45) is 0 Å². The number of benzene rings is 3. The van der Waals surface area contributed by atoms with Crippen LogP contribution in [0.2, 0.25) is 0 Å². The van der Waals surface area contributed by atoms with Gasteiger partial charge in [0, 0.05) is 23.8 Å². The Bertz CT molecular complexity index is 1170. The quantitative estimate of drug-likeness (QED) is 0.401. The molecule has 0 fully saturated rings. The van der Waals surface area contributed by atoms with Gasteiger partial charge >= 0.3 is 6.03 Å². The summed E-state index contributed by atoms with van der Waals surface area (Å²) in [6, 6.07) is 24.7. The Hall–Kier alpha value is -4.06. The molecule has 6 heteroatoms. The van der Waals surface area contributed by atoms with Crippen LogP contribution in [-0.4, -0.2) is 18.1 Å². The monoisotopic (exact) mass is 398 g/mol. The van der Waals surface area contributed by atoms with Gasteiger partial charge in [-0.3, -0.25) is 0 Å². The van der Waals surface area contributed by atoms with Crippen molar-refractivity contribution in [2.75, 3.05) is 23.1 Å². The number of hydrogen-bond acceptors (Lipinski definition) is 4. The Labute approximate surface area is 174 Å². The molecule has 0 radical (unpaired) electrons. The molecule has 4 rings (SSSR count). The summed E-state index contributed by atoms with van der Waals surface area (Å²) in [6.07, 6.45) is 1.80. The summed E-state index contributed by atoms with van der Waals surface area (Å²) in [5, 5.41) is 11.3. The first-order valence-corrected chi connectivity index (χ1v) is 9.60. The Balaban J connectivity index is 1.42. The Morgan fingerprint density at radius 2 is 1.77 bits per heavy atom. The van der Waals surface area contributed by atoms with Crippen molar-refractivity contribution in [3.05, 3.63) is 90.6 Å². The highest BCUT2D eigenvalue weighted by Crippen LogP contribution is 2.24. The van der Waals surface area contributed by atoms with Gasteiger partial charge in [0.2, 0.25) is 0 Å². The number of urea groups is 1. The molecule has 1 heterocycles. The van der Waals surface area contributed by atoms with Crippen molar-refractivity contribution in [3.8, 4) is 5.75 Å². The van der Waals surface area contributed by atoms with E-state index >= 15 is 0 Å². The van der Waals surface area contributed by atoms with Crippen LogP contribution in [0.4, 0.5) is 22.0 Å². The maximum absolute atomic E-state index is 12.4. The highest BCUT2D eigenvalue weighted by atomic mass is 16.5. The average molecular weight is 398 g/mol. The SMILES string of the molecule is COc1ccccc1NC(=O)Nc1cccc(CNc2nccc3ccccc23)c1. The fourth-order valence-electron chi connectivity index (χ4n) is 3.24. The minimum absolute atomic E-state index is 0.333. The maximum Gasteiger partial charge on any atom is 0.323 e. The molecule has 4 aromatic rings. The van der Waals surface area contributed by atoms with Gasteiger partial charge in [-0.25, -0.2) is 9.78 Å². The van der Waals surface area contributed by atoms with E-state index in [4.69, 9.17) is 4.74 Å². The number of nitrogens with one attached hydrogen (secondary N) is 3. The molecule has 2 amide bonds. The molecule has 0 aliphatic rings. The highest BCUT2D eigenvalue weighted by Gasteiger charge is 2.08. The second kappa shape index (κ2) is 8.96. The molecule has 0 saturated carbocycles. The highest BCUT2D eigenvalue weighted by molar-refractivity contribution is 6.00. The number of carbonyl (C=O) groups excluding carboxylic acids is 1. The van der Waals surface area contributed by atoms with Crippen molar-refractivity contribution < 1.29 is 9.53 Å². The van der Waals surface area contributed by atoms with Crippen LogP contribution in [0.1, 0.15) is 5.56 Å². The molecule has 0 aliphatic heterocycles. The lowest BCUT2D eigenvalue weighted by atomic mass is 10.1. The largest absolute Gasteiger partial charge is 0.495 e. The van der Waals surface area contributed by atoms with E-state index in [2.05, 4.69) is 27.0 Å². The molecule has 0 atom stereocenters. The molecule has 0 unspecified atom stereocenters. The minimum atomic E-state index is -0.333. The molecule has 6 nitrogen and oxygen atoms in total. The molecule has 0 saturated heterocycles. The number of nitrogens with zero attached hydrogens (tertiary/aromatic N) is 1. The summed E-state index contributed by atoms with van der Waals surface area (Å²) in [4.78, 5) is 16.8. The lowest BCUT2D eigenvalue weighted by Gasteiger charge is -2.12. The zero-order valence-electron chi connectivity index (χ0n) is 16.6. The van der Waals surface area contributed by atoms with Crippen LogP contribution in [0, 0.1) is 0 Å². The summed E-state index contributed by atoms with van der Waals surface area (Å²) in [6.45, 7) is 0.588. The Morgan fingerprint density at radius 1 is 0.933 bits per heavy atom. The van der Waals surface area contributed by atoms with Gasteiger partial charge in [0.25, 0.3) is 0 Å². The first-order valence-electron chi connectivity index (χ1n) is 9.60. The third kappa shape index (κ3) is 4.50. The third-order valence-corrected chi connectivity index (χ3v) is 4.67. The van der Waals surface area contributed by atoms with E-state index in [1.165, 1.54) is 0 Å². The fourth-order valence-corrected chi connectivity index (χ4v) is 3.24. The lowest BCUT2D eigenvalue weighted by Crippen LogP contribution is -2.19. The molecular weight excluding hydrogens is 376 g/mol. The number of pyridine rings is 1. The van der Waals surface area contributed by atoms with Crippen LogP contribution in [0.15, 0.2) is 85.1 Å². The number of rotatable bonds is 6. The summed E-state index contributed by atoms with van der Waals surface area (Å²) >= 11 is 0. The number of amides is 2.